The summed E-state index contributed by atoms with van der Waals surface area (Å²) in [6.45, 7) is 3.69. The number of aliphatic hydroxyl groups excluding tert-OH is 1. The van der Waals surface area contributed by atoms with E-state index in [1.165, 1.54) is 12.1 Å². The van der Waals surface area contributed by atoms with Gasteiger partial charge in [-0.3, -0.25) is 10.00 Å². The van der Waals surface area contributed by atoms with Gasteiger partial charge in [-0.15, -0.1) is 0 Å². The van der Waals surface area contributed by atoms with Crippen LogP contribution < -0.4 is 0 Å². The van der Waals surface area contributed by atoms with Gasteiger partial charge in [0, 0.05) is 36.3 Å². The lowest BCUT2D eigenvalue weighted by Crippen LogP contribution is -2.21. The highest BCUT2D eigenvalue weighted by Gasteiger charge is 2.32. The zero-order valence-corrected chi connectivity index (χ0v) is 14.2. The summed E-state index contributed by atoms with van der Waals surface area (Å²) in [6, 6.07) is 4.77. The fourth-order valence-corrected chi connectivity index (χ4v) is 3.49. The summed E-state index contributed by atoms with van der Waals surface area (Å²) in [5, 5.41) is 17.9. The van der Waals surface area contributed by atoms with Gasteiger partial charge < -0.3 is 5.11 Å². The molecule has 1 aromatic heterocycles. The molecule has 1 fully saturated rings. The Morgan fingerprint density at radius 3 is 2.78 bits per heavy atom. The van der Waals surface area contributed by atoms with E-state index in [4.69, 9.17) is 23.2 Å². The maximum absolute atomic E-state index is 13.6. The number of aryl methyl sites for hydroxylation is 1. The van der Waals surface area contributed by atoms with E-state index in [1.54, 1.807) is 0 Å². The molecule has 1 aliphatic heterocycles. The van der Waals surface area contributed by atoms with E-state index in [9.17, 15) is 9.50 Å². The number of likely N-dealkylation sites (tertiary alicyclic amines) is 1. The van der Waals surface area contributed by atoms with Crippen molar-refractivity contribution in [1.82, 2.24) is 15.1 Å². The molecule has 0 spiro atoms. The largest absolute Gasteiger partial charge is 0.391 e. The molecule has 7 heteroatoms. The monoisotopic (exact) mass is 357 g/mol. The Labute approximate surface area is 144 Å². The molecule has 23 heavy (non-hydrogen) atoms. The smallest absolute Gasteiger partial charge is 0.142 e. The quantitative estimate of drug-likeness (QED) is 0.826. The van der Waals surface area contributed by atoms with Crippen LogP contribution in [-0.4, -0.2) is 39.4 Å². The van der Waals surface area contributed by atoms with Crippen LogP contribution in [0.4, 0.5) is 4.39 Å². The Bertz CT molecular complexity index is 707. The number of aromatic amines is 1. The zero-order chi connectivity index (χ0) is 16.6. The van der Waals surface area contributed by atoms with Gasteiger partial charge >= 0.3 is 0 Å². The first-order valence-corrected chi connectivity index (χ1v) is 8.22. The summed E-state index contributed by atoms with van der Waals surface area (Å²) in [5.41, 5.74) is 2.63. The number of nitrogens with one attached hydrogen (secondary N) is 1. The molecule has 1 saturated heterocycles. The first kappa shape index (κ1) is 16.7. The molecule has 1 aliphatic rings. The fourth-order valence-electron chi connectivity index (χ4n) is 3.04. The highest BCUT2D eigenvalue weighted by atomic mass is 35.5. The molecule has 0 saturated carbocycles. The second-order valence-electron chi connectivity index (χ2n) is 6.13. The van der Waals surface area contributed by atoms with Crippen molar-refractivity contribution in [1.29, 1.82) is 0 Å². The van der Waals surface area contributed by atoms with Crippen LogP contribution in [0.1, 0.15) is 17.0 Å². The number of H-pyrrole nitrogens is 1. The molecule has 2 atom stereocenters. The standard InChI is InChI=1S/C16H18Cl2FN3O/c1-9-2-12(21-20-9)3-11-7-22(8-16(11)23)6-10-4-15(19)14(18)5-13(10)17/h2,4-5,11,16,23H,3,6-8H2,1H3,(H,20,21). The summed E-state index contributed by atoms with van der Waals surface area (Å²) >= 11 is 11.8. The van der Waals surface area contributed by atoms with Gasteiger partial charge in [-0.2, -0.15) is 5.10 Å². The van der Waals surface area contributed by atoms with Crippen molar-refractivity contribution in [2.24, 2.45) is 5.92 Å². The van der Waals surface area contributed by atoms with Crippen molar-refractivity contribution in [3.05, 3.63) is 51.0 Å². The van der Waals surface area contributed by atoms with Crippen molar-refractivity contribution in [3.8, 4) is 0 Å². The number of β-amino-alcohol motifs (C(OH)–C–C–N with tert-alkyl or cyclic N) is 1. The molecule has 1 aromatic carbocycles. The van der Waals surface area contributed by atoms with E-state index >= 15 is 0 Å². The fraction of sp³-hybridized carbons (Fsp3) is 0.438. The van der Waals surface area contributed by atoms with Crippen molar-refractivity contribution < 1.29 is 9.50 Å². The van der Waals surface area contributed by atoms with Crippen molar-refractivity contribution in [2.45, 2.75) is 26.0 Å². The number of nitrogens with zero attached hydrogens (tertiary/aromatic N) is 2. The van der Waals surface area contributed by atoms with E-state index in [2.05, 4.69) is 15.1 Å². The Balaban J connectivity index is 1.65. The minimum absolute atomic E-state index is 0.0204. The van der Waals surface area contributed by atoms with Crippen LogP contribution in [0.2, 0.25) is 10.0 Å². The summed E-state index contributed by atoms with van der Waals surface area (Å²) < 4.78 is 13.6. The summed E-state index contributed by atoms with van der Waals surface area (Å²) in [6.07, 6.45) is 0.285. The van der Waals surface area contributed by atoms with Gasteiger partial charge in [-0.05, 0) is 37.1 Å². The van der Waals surface area contributed by atoms with Crippen LogP contribution in [0.25, 0.3) is 0 Å². The number of aromatic nitrogens is 2. The van der Waals surface area contributed by atoms with E-state index in [0.29, 0.717) is 36.6 Å². The first-order chi connectivity index (χ1) is 10.9. The molecular formula is C16H18Cl2FN3O. The lowest BCUT2D eigenvalue weighted by molar-refractivity contribution is 0.140. The highest BCUT2D eigenvalue weighted by molar-refractivity contribution is 6.35. The number of halogens is 3. The predicted octanol–water partition coefficient (Wildman–Crippen LogP) is 3.20. The van der Waals surface area contributed by atoms with Crippen molar-refractivity contribution in [3.63, 3.8) is 0 Å². The van der Waals surface area contributed by atoms with Crippen LogP contribution in [0.15, 0.2) is 18.2 Å². The van der Waals surface area contributed by atoms with E-state index in [0.717, 1.165) is 11.4 Å². The summed E-state index contributed by atoms with van der Waals surface area (Å²) in [7, 11) is 0. The molecule has 2 N–H and O–H groups in total. The van der Waals surface area contributed by atoms with Gasteiger partial charge in [0.25, 0.3) is 0 Å². The molecule has 3 rings (SSSR count). The van der Waals surface area contributed by atoms with Crippen molar-refractivity contribution in [2.75, 3.05) is 13.1 Å². The van der Waals surface area contributed by atoms with Gasteiger partial charge in [0.1, 0.15) is 5.82 Å². The molecule has 0 radical (unpaired) electrons. The minimum Gasteiger partial charge on any atom is -0.391 e. The zero-order valence-electron chi connectivity index (χ0n) is 12.7. The van der Waals surface area contributed by atoms with E-state index < -0.39 is 11.9 Å². The molecule has 2 aromatic rings. The summed E-state index contributed by atoms with van der Waals surface area (Å²) in [4.78, 5) is 2.07. The number of rotatable bonds is 4. The third-order valence-electron chi connectivity index (χ3n) is 4.20. The topological polar surface area (TPSA) is 52.1 Å². The lowest BCUT2D eigenvalue weighted by Gasteiger charge is -2.16. The van der Waals surface area contributed by atoms with E-state index in [1.807, 2.05) is 13.0 Å². The molecule has 0 aliphatic carbocycles. The molecule has 0 bridgehead atoms. The third-order valence-corrected chi connectivity index (χ3v) is 4.84. The Kier molecular flexibility index (Phi) is 4.92. The lowest BCUT2D eigenvalue weighted by atomic mass is 10.0. The molecule has 0 amide bonds. The number of hydrogen-bond acceptors (Lipinski definition) is 3. The predicted molar refractivity (Wildman–Crippen MR) is 88.2 cm³/mol. The van der Waals surface area contributed by atoms with Gasteiger partial charge in [0.15, 0.2) is 0 Å². The Morgan fingerprint density at radius 2 is 2.09 bits per heavy atom. The minimum atomic E-state index is -0.477. The van der Waals surface area contributed by atoms with Crippen LogP contribution in [0.5, 0.6) is 0 Å². The Hall–Kier alpha value is -1.14. The molecule has 2 heterocycles. The van der Waals surface area contributed by atoms with Gasteiger partial charge in [-0.25, -0.2) is 4.39 Å². The normalized spacial score (nSPS) is 22.0. The summed E-state index contributed by atoms with van der Waals surface area (Å²) in [5.74, 6) is -0.372. The first-order valence-electron chi connectivity index (χ1n) is 7.47. The van der Waals surface area contributed by atoms with Crippen LogP contribution in [-0.2, 0) is 13.0 Å². The maximum atomic E-state index is 13.6. The maximum Gasteiger partial charge on any atom is 0.142 e. The molecule has 4 nitrogen and oxygen atoms in total. The Morgan fingerprint density at radius 1 is 1.30 bits per heavy atom. The number of aliphatic hydroxyl groups is 1. The number of benzene rings is 1. The third kappa shape index (κ3) is 3.86. The molecule has 124 valence electrons. The van der Waals surface area contributed by atoms with Crippen LogP contribution in [0.3, 0.4) is 0 Å². The molecule has 2 unspecified atom stereocenters. The molecular weight excluding hydrogens is 340 g/mol. The van der Waals surface area contributed by atoms with Crippen molar-refractivity contribution >= 4 is 23.2 Å². The van der Waals surface area contributed by atoms with E-state index in [-0.39, 0.29) is 10.9 Å². The van der Waals surface area contributed by atoms with Gasteiger partial charge in [-0.1, -0.05) is 23.2 Å². The SMILES string of the molecule is Cc1cc(CC2CN(Cc3cc(F)c(Cl)cc3Cl)CC2O)n[nH]1. The van der Waals surface area contributed by atoms with Gasteiger partial charge in [0.2, 0.25) is 0 Å². The number of hydrogen-bond donors (Lipinski definition) is 2. The second-order valence-corrected chi connectivity index (χ2v) is 6.94. The average molecular weight is 358 g/mol. The average Bonchev–Trinajstić information content (AvgIpc) is 3.03. The van der Waals surface area contributed by atoms with Crippen LogP contribution >= 0.6 is 23.2 Å². The highest BCUT2D eigenvalue weighted by Crippen LogP contribution is 2.28. The van der Waals surface area contributed by atoms with Crippen LogP contribution in [0, 0.1) is 18.7 Å². The van der Waals surface area contributed by atoms with Gasteiger partial charge in [0.05, 0.1) is 16.8 Å². The second kappa shape index (κ2) is 6.77.